The number of amides is 2. The second-order valence-corrected chi connectivity index (χ2v) is 5.83. The fraction of sp³-hybridized carbons (Fsp3) is 0.857. The highest BCUT2D eigenvalue weighted by Crippen LogP contribution is 2.13. The highest BCUT2D eigenvalue weighted by atomic mass is 16.2. The van der Waals surface area contributed by atoms with Crippen LogP contribution in [0.25, 0.3) is 0 Å². The van der Waals surface area contributed by atoms with Crippen molar-refractivity contribution in [2.45, 2.75) is 46.1 Å². The molecule has 0 aromatic rings. The van der Waals surface area contributed by atoms with E-state index in [1.807, 2.05) is 13.8 Å². The van der Waals surface area contributed by atoms with Gasteiger partial charge in [-0.3, -0.25) is 9.59 Å². The van der Waals surface area contributed by atoms with E-state index in [1.54, 1.807) is 6.92 Å². The zero-order valence-corrected chi connectivity index (χ0v) is 12.3. The summed E-state index contributed by atoms with van der Waals surface area (Å²) in [7, 11) is 0. The molecule has 2 atom stereocenters. The average molecular weight is 269 g/mol. The number of carbonyl (C=O) groups excluding carboxylic acids is 2. The number of carbonyl (C=O) groups is 2. The average Bonchev–Trinajstić information content (AvgIpc) is 2.86. The molecule has 2 unspecified atom stereocenters. The predicted octanol–water partition coefficient (Wildman–Crippen LogP) is 0.653. The molecule has 19 heavy (non-hydrogen) atoms. The Morgan fingerprint density at radius 1 is 1.32 bits per heavy atom. The Morgan fingerprint density at radius 2 is 2.05 bits per heavy atom. The third-order valence-electron chi connectivity index (χ3n) is 3.40. The molecule has 1 saturated heterocycles. The lowest BCUT2D eigenvalue weighted by Gasteiger charge is -2.15. The van der Waals surface area contributed by atoms with Gasteiger partial charge in [-0.25, -0.2) is 0 Å². The van der Waals surface area contributed by atoms with Crippen LogP contribution in [-0.2, 0) is 9.59 Å². The highest BCUT2D eigenvalue weighted by molar-refractivity contribution is 5.87. The van der Waals surface area contributed by atoms with Gasteiger partial charge in [0.05, 0.1) is 0 Å². The van der Waals surface area contributed by atoms with Gasteiger partial charge >= 0.3 is 0 Å². The lowest BCUT2D eigenvalue weighted by molar-refractivity contribution is -0.128. The molecule has 1 heterocycles. The quantitative estimate of drug-likeness (QED) is 0.635. The maximum Gasteiger partial charge on any atom is 0.242 e. The standard InChI is InChI=1S/C14H27N3O2/c1-10(2)8-16-14(19)11(3)17-13(18)5-4-12-6-7-15-9-12/h10-12,15H,4-9H2,1-3H3,(H,16,19)(H,17,18). The Bertz CT molecular complexity index is 299. The fourth-order valence-electron chi connectivity index (χ4n) is 2.13. The molecule has 0 saturated carbocycles. The van der Waals surface area contributed by atoms with Crippen LogP contribution in [0.5, 0.6) is 0 Å². The van der Waals surface area contributed by atoms with E-state index in [2.05, 4.69) is 16.0 Å². The Labute approximate surface area is 115 Å². The van der Waals surface area contributed by atoms with Crippen LogP contribution < -0.4 is 16.0 Å². The van der Waals surface area contributed by atoms with Crippen LogP contribution in [0.4, 0.5) is 0 Å². The van der Waals surface area contributed by atoms with Gasteiger partial charge in [-0.2, -0.15) is 0 Å². The van der Waals surface area contributed by atoms with E-state index in [9.17, 15) is 9.59 Å². The first-order valence-corrected chi connectivity index (χ1v) is 7.26. The van der Waals surface area contributed by atoms with Crippen LogP contribution in [0.15, 0.2) is 0 Å². The summed E-state index contributed by atoms with van der Waals surface area (Å²) in [6, 6.07) is -0.451. The summed E-state index contributed by atoms with van der Waals surface area (Å²) < 4.78 is 0. The van der Waals surface area contributed by atoms with Gasteiger partial charge in [0.25, 0.3) is 0 Å². The number of hydrogen-bond acceptors (Lipinski definition) is 3. The Morgan fingerprint density at radius 3 is 2.63 bits per heavy atom. The van der Waals surface area contributed by atoms with Crippen LogP contribution >= 0.6 is 0 Å². The summed E-state index contributed by atoms with van der Waals surface area (Å²) >= 11 is 0. The number of nitrogens with one attached hydrogen (secondary N) is 3. The molecule has 1 fully saturated rings. The topological polar surface area (TPSA) is 70.2 Å². The van der Waals surface area contributed by atoms with Crippen molar-refractivity contribution >= 4 is 11.8 Å². The summed E-state index contributed by atoms with van der Waals surface area (Å²) in [5, 5.41) is 8.86. The van der Waals surface area contributed by atoms with Crippen molar-refractivity contribution in [3.8, 4) is 0 Å². The van der Waals surface area contributed by atoms with E-state index in [0.29, 0.717) is 24.8 Å². The molecule has 3 N–H and O–H groups in total. The highest BCUT2D eigenvalue weighted by Gasteiger charge is 2.18. The summed E-state index contributed by atoms with van der Waals surface area (Å²) in [6.45, 7) is 8.52. The van der Waals surface area contributed by atoms with E-state index in [1.165, 1.54) is 0 Å². The normalized spacial score (nSPS) is 20.3. The van der Waals surface area contributed by atoms with Gasteiger partial charge in [-0.05, 0) is 44.7 Å². The van der Waals surface area contributed by atoms with Gasteiger partial charge in [0.1, 0.15) is 6.04 Å². The molecule has 5 heteroatoms. The lowest BCUT2D eigenvalue weighted by atomic mass is 10.0. The number of rotatable bonds is 7. The van der Waals surface area contributed by atoms with E-state index in [4.69, 9.17) is 0 Å². The van der Waals surface area contributed by atoms with E-state index < -0.39 is 6.04 Å². The molecule has 0 aromatic carbocycles. The first-order valence-electron chi connectivity index (χ1n) is 7.26. The van der Waals surface area contributed by atoms with E-state index >= 15 is 0 Å². The number of hydrogen-bond donors (Lipinski definition) is 3. The minimum absolute atomic E-state index is 0.0286. The van der Waals surface area contributed by atoms with Gasteiger partial charge < -0.3 is 16.0 Å². The summed E-state index contributed by atoms with van der Waals surface area (Å²) in [5.41, 5.74) is 0. The van der Waals surface area contributed by atoms with Crippen molar-refractivity contribution < 1.29 is 9.59 Å². The Balaban J connectivity index is 2.17. The molecule has 0 aliphatic carbocycles. The van der Waals surface area contributed by atoms with E-state index in [-0.39, 0.29) is 11.8 Å². The third kappa shape index (κ3) is 6.57. The van der Waals surface area contributed by atoms with Crippen molar-refractivity contribution in [1.82, 2.24) is 16.0 Å². The van der Waals surface area contributed by atoms with Crippen molar-refractivity contribution in [3.63, 3.8) is 0 Å². The van der Waals surface area contributed by atoms with Crippen molar-refractivity contribution in [3.05, 3.63) is 0 Å². The maximum absolute atomic E-state index is 11.7. The van der Waals surface area contributed by atoms with Crippen molar-refractivity contribution in [1.29, 1.82) is 0 Å². The van der Waals surface area contributed by atoms with Crippen LogP contribution in [0.2, 0.25) is 0 Å². The van der Waals surface area contributed by atoms with Gasteiger partial charge in [-0.15, -0.1) is 0 Å². The Kier molecular flexibility index (Phi) is 6.84. The molecule has 0 radical (unpaired) electrons. The van der Waals surface area contributed by atoms with Crippen molar-refractivity contribution in [2.75, 3.05) is 19.6 Å². The summed E-state index contributed by atoms with van der Waals surface area (Å²) in [6.07, 6.45) is 2.56. The van der Waals surface area contributed by atoms with Crippen LogP contribution in [0, 0.1) is 11.8 Å². The van der Waals surface area contributed by atoms with Crippen LogP contribution in [0.1, 0.15) is 40.0 Å². The molecule has 0 aromatic heterocycles. The van der Waals surface area contributed by atoms with Crippen LogP contribution in [0.3, 0.4) is 0 Å². The predicted molar refractivity (Wildman–Crippen MR) is 75.7 cm³/mol. The maximum atomic E-state index is 11.7. The Hall–Kier alpha value is -1.10. The second kappa shape index (κ2) is 8.15. The fourth-order valence-corrected chi connectivity index (χ4v) is 2.13. The minimum atomic E-state index is -0.451. The largest absolute Gasteiger partial charge is 0.354 e. The minimum Gasteiger partial charge on any atom is -0.354 e. The van der Waals surface area contributed by atoms with Gasteiger partial charge in [0.15, 0.2) is 0 Å². The van der Waals surface area contributed by atoms with Gasteiger partial charge in [0.2, 0.25) is 11.8 Å². The van der Waals surface area contributed by atoms with Crippen LogP contribution in [-0.4, -0.2) is 37.5 Å². The summed E-state index contributed by atoms with van der Waals surface area (Å²) in [5.74, 6) is 0.890. The zero-order chi connectivity index (χ0) is 14.3. The third-order valence-corrected chi connectivity index (χ3v) is 3.40. The lowest BCUT2D eigenvalue weighted by Crippen LogP contribution is -2.45. The first-order chi connectivity index (χ1) is 8.99. The molecule has 1 aliphatic heterocycles. The van der Waals surface area contributed by atoms with Gasteiger partial charge in [0, 0.05) is 13.0 Å². The molecule has 0 spiro atoms. The molecular formula is C14H27N3O2. The van der Waals surface area contributed by atoms with Crippen molar-refractivity contribution in [2.24, 2.45) is 11.8 Å². The zero-order valence-electron chi connectivity index (χ0n) is 12.3. The molecule has 1 aliphatic rings. The summed E-state index contributed by atoms with van der Waals surface area (Å²) in [4.78, 5) is 23.4. The van der Waals surface area contributed by atoms with E-state index in [0.717, 1.165) is 25.9 Å². The molecular weight excluding hydrogens is 242 g/mol. The molecule has 0 bridgehead atoms. The first kappa shape index (κ1) is 16.0. The van der Waals surface area contributed by atoms with Gasteiger partial charge in [-0.1, -0.05) is 13.8 Å². The second-order valence-electron chi connectivity index (χ2n) is 5.83. The monoisotopic (exact) mass is 269 g/mol. The smallest absolute Gasteiger partial charge is 0.242 e. The molecule has 2 amide bonds. The molecule has 5 nitrogen and oxygen atoms in total. The SMILES string of the molecule is CC(C)CNC(=O)C(C)NC(=O)CCC1CCNC1. The molecule has 1 rings (SSSR count). The molecule has 110 valence electrons.